The number of hydrogen-bond acceptors (Lipinski definition) is 5. The molecule has 0 unspecified atom stereocenters. The summed E-state index contributed by atoms with van der Waals surface area (Å²) in [7, 11) is 0. The molecule has 3 aromatic heterocycles. The van der Waals surface area contributed by atoms with Crippen molar-refractivity contribution >= 4 is 16.9 Å². The first kappa shape index (κ1) is 12.5. The van der Waals surface area contributed by atoms with Crippen LogP contribution >= 0.6 is 0 Å². The molecule has 0 saturated carbocycles. The highest BCUT2D eigenvalue weighted by atomic mass is 15.3. The van der Waals surface area contributed by atoms with Crippen molar-refractivity contribution in [2.75, 3.05) is 5.32 Å². The van der Waals surface area contributed by atoms with E-state index in [1.165, 1.54) is 0 Å². The second kappa shape index (κ2) is 5.24. The molecule has 0 aromatic carbocycles. The van der Waals surface area contributed by atoms with E-state index < -0.39 is 0 Å². The molecule has 0 spiro atoms. The maximum atomic E-state index is 4.50. The molecule has 0 amide bonds. The van der Waals surface area contributed by atoms with Crippen LogP contribution in [0.4, 0.5) is 5.82 Å². The van der Waals surface area contributed by atoms with Crippen molar-refractivity contribution in [1.29, 1.82) is 0 Å². The van der Waals surface area contributed by atoms with E-state index in [-0.39, 0.29) is 0 Å². The van der Waals surface area contributed by atoms with E-state index in [9.17, 15) is 0 Å². The van der Waals surface area contributed by atoms with Crippen LogP contribution in [0.3, 0.4) is 0 Å². The standard InChI is InChI=1S/C14H16N6/c1-10(2)20-14-12(8-19-20)5-11(7-18-14)6-17-13-9-15-3-4-16-13/h3-5,7-10H,6H2,1-2H3,(H,16,17). The van der Waals surface area contributed by atoms with Crippen LogP contribution in [0.2, 0.25) is 0 Å². The van der Waals surface area contributed by atoms with Gasteiger partial charge in [-0.05, 0) is 25.5 Å². The minimum absolute atomic E-state index is 0.309. The normalized spacial score (nSPS) is 11.2. The second-order valence-electron chi connectivity index (χ2n) is 4.88. The van der Waals surface area contributed by atoms with Gasteiger partial charge in [0.15, 0.2) is 5.65 Å². The third kappa shape index (κ3) is 2.45. The maximum absolute atomic E-state index is 4.50. The van der Waals surface area contributed by atoms with Crippen LogP contribution in [0.5, 0.6) is 0 Å². The average Bonchev–Trinajstić information content (AvgIpc) is 2.89. The largest absolute Gasteiger partial charge is 0.365 e. The number of pyridine rings is 1. The molecule has 0 fully saturated rings. The topological polar surface area (TPSA) is 68.5 Å². The molecule has 102 valence electrons. The van der Waals surface area contributed by atoms with Crippen LogP contribution < -0.4 is 5.32 Å². The van der Waals surface area contributed by atoms with Crippen molar-refractivity contribution in [2.24, 2.45) is 0 Å². The molecule has 0 aliphatic carbocycles. The molecule has 0 bridgehead atoms. The van der Waals surface area contributed by atoms with Crippen molar-refractivity contribution in [3.05, 3.63) is 42.6 Å². The fourth-order valence-corrected chi connectivity index (χ4v) is 2.04. The van der Waals surface area contributed by atoms with E-state index in [4.69, 9.17) is 0 Å². The Hall–Kier alpha value is -2.50. The first-order valence-electron chi connectivity index (χ1n) is 6.56. The van der Waals surface area contributed by atoms with Gasteiger partial charge in [0.1, 0.15) is 5.82 Å². The number of aromatic nitrogens is 5. The zero-order chi connectivity index (χ0) is 13.9. The molecule has 3 heterocycles. The van der Waals surface area contributed by atoms with Gasteiger partial charge in [0.2, 0.25) is 0 Å². The predicted molar refractivity (Wildman–Crippen MR) is 77.3 cm³/mol. The molecular weight excluding hydrogens is 252 g/mol. The first-order valence-corrected chi connectivity index (χ1v) is 6.56. The quantitative estimate of drug-likeness (QED) is 0.787. The molecule has 6 nitrogen and oxygen atoms in total. The summed E-state index contributed by atoms with van der Waals surface area (Å²) in [6.45, 7) is 4.85. The molecule has 6 heteroatoms. The molecule has 1 N–H and O–H groups in total. The highest BCUT2D eigenvalue weighted by Crippen LogP contribution is 2.17. The summed E-state index contributed by atoms with van der Waals surface area (Å²) in [4.78, 5) is 12.7. The van der Waals surface area contributed by atoms with Crippen molar-refractivity contribution in [3.8, 4) is 0 Å². The third-order valence-corrected chi connectivity index (χ3v) is 3.02. The highest BCUT2D eigenvalue weighted by molar-refractivity contribution is 5.75. The van der Waals surface area contributed by atoms with Crippen molar-refractivity contribution in [3.63, 3.8) is 0 Å². The summed E-state index contributed by atoms with van der Waals surface area (Å²) >= 11 is 0. The Bertz CT molecular complexity index is 704. The lowest BCUT2D eigenvalue weighted by atomic mass is 10.2. The van der Waals surface area contributed by atoms with E-state index in [2.05, 4.69) is 45.3 Å². The monoisotopic (exact) mass is 268 g/mol. The van der Waals surface area contributed by atoms with Gasteiger partial charge >= 0.3 is 0 Å². The number of rotatable bonds is 4. The van der Waals surface area contributed by atoms with Gasteiger partial charge in [0.05, 0.1) is 12.4 Å². The van der Waals surface area contributed by atoms with Gasteiger partial charge in [0, 0.05) is 36.6 Å². The van der Waals surface area contributed by atoms with Gasteiger partial charge < -0.3 is 5.32 Å². The fourth-order valence-electron chi connectivity index (χ4n) is 2.04. The zero-order valence-electron chi connectivity index (χ0n) is 11.5. The number of nitrogens with one attached hydrogen (secondary N) is 1. The molecule has 3 aromatic rings. The second-order valence-corrected chi connectivity index (χ2v) is 4.88. The van der Waals surface area contributed by atoms with E-state index in [1.807, 2.05) is 17.1 Å². The van der Waals surface area contributed by atoms with E-state index in [1.54, 1.807) is 18.6 Å². The van der Waals surface area contributed by atoms with Crippen molar-refractivity contribution in [2.45, 2.75) is 26.4 Å². The lowest BCUT2D eigenvalue weighted by Crippen LogP contribution is -2.04. The van der Waals surface area contributed by atoms with E-state index in [0.29, 0.717) is 12.6 Å². The lowest BCUT2D eigenvalue weighted by Gasteiger charge is -2.07. The maximum Gasteiger partial charge on any atom is 0.157 e. The first-order chi connectivity index (χ1) is 9.74. The Balaban J connectivity index is 1.80. The summed E-state index contributed by atoms with van der Waals surface area (Å²) in [5.74, 6) is 0.755. The number of anilines is 1. The SMILES string of the molecule is CC(C)n1ncc2cc(CNc3cnccn3)cnc21. The summed E-state index contributed by atoms with van der Waals surface area (Å²) in [6, 6.07) is 2.40. The Labute approximate surface area is 116 Å². The highest BCUT2D eigenvalue weighted by Gasteiger charge is 2.07. The van der Waals surface area contributed by atoms with E-state index >= 15 is 0 Å². The van der Waals surface area contributed by atoms with Gasteiger partial charge in [-0.25, -0.2) is 14.6 Å². The van der Waals surface area contributed by atoms with Gasteiger partial charge in [-0.2, -0.15) is 5.10 Å². The summed E-state index contributed by atoms with van der Waals surface area (Å²) in [5, 5.41) is 8.63. The predicted octanol–water partition coefficient (Wildman–Crippen LogP) is 2.41. The van der Waals surface area contributed by atoms with Gasteiger partial charge in [-0.3, -0.25) is 4.98 Å². The molecule has 0 radical (unpaired) electrons. The van der Waals surface area contributed by atoms with Gasteiger partial charge in [-0.1, -0.05) is 0 Å². The Morgan fingerprint density at radius 1 is 1.15 bits per heavy atom. The van der Waals surface area contributed by atoms with Crippen LogP contribution in [0, 0.1) is 0 Å². The van der Waals surface area contributed by atoms with Gasteiger partial charge in [-0.15, -0.1) is 0 Å². The third-order valence-electron chi connectivity index (χ3n) is 3.02. The Morgan fingerprint density at radius 3 is 2.80 bits per heavy atom. The van der Waals surface area contributed by atoms with Crippen molar-refractivity contribution < 1.29 is 0 Å². The molecule has 0 aliphatic rings. The molecular formula is C14H16N6. The molecule has 20 heavy (non-hydrogen) atoms. The minimum atomic E-state index is 0.309. The summed E-state index contributed by atoms with van der Waals surface area (Å²) in [5.41, 5.74) is 2.01. The van der Waals surface area contributed by atoms with Crippen LogP contribution in [0.25, 0.3) is 11.0 Å². The molecule has 0 saturated heterocycles. The van der Waals surface area contributed by atoms with Crippen LogP contribution in [-0.2, 0) is 6.54 Å². The molecule has 3 rings (SSSR count). The molecule has 0 atom stereocenters. The van der Waals surface area contributed by atoms with Crippen LogP contribution in [0.1, 0.15) is 25.5 Å². The smallest absolute Gasteiger partial charge is 0.157 e. The Kier molecular flexibility index (Phi) is 3.28. The van der Waals surface area contributed by atoms with Crippen molar-refractivity contribution in [1.82, 2.24) is 24.7 Å². The van der Waals surface area contributed by atoms with Crippen LogP contribution in [0.15, 0.2) is 37.1 Å². The average molecular weight is 268 g/mol. The fraction of sp³-hybridized carbons (Fsp3) is 0.286. The number of fused-ring (bicyclic) bond motifs is 1. The van der Waals surface area contributed by atoms with E-state index in [0.717, 1.165) is 22.4 Å². The zero-order valence-corrected chi connectivity index (χ0v) is 11.5. The number of nitrogens with zero attached hydrogens (tertiary/aromatic N) is 5. The number of hydrogen-bond donors (Lipinski definition) is 1. The molecule has 0 aliphatic heterocycles. The lowest BCUT2D eigenvalue weighted by molar-refractivity contribution is 0.546. The Morgan fingerprint density at radius 2 is 2.05 bits per heavy atom. The van der Waals surface area contributed by atoms with Crippen LogP contribution in [-0.4, -0.2) is 24.7 Å². The summed E-state index contributed by atoms with van der Waals surface area (Å²) < 4.78 is 1.93. The summed E-state index contributed by atoms with van der Waals surface area (Å²) in [6.07, 6.45) is 8.73. The van der Waals surface area contributed by atoms with Gasteiger partial charge in [0.25, 0.3) is 0 Å². The minimum Gasteiger partial charge on any atom is -0.365 e.